The van der Waals surface area contributed by atoms with Gasteiger partial charge in [-0.2, -0.15) is 0 Å². The summed E-state index contributed by atoms with van der Waals surface area (Å²) < 4.78 is 2.02. The first kappa shape index (κ1) is 12.2. The number of imidazole rings is 1. The third kappa shape index (κ3) is 2.46. The third-order valence-electron chi connectivity index (χ3n) is 2.97. The molecule has 0 aliphatic rings. The topological polar surface area (TPSA) is 43.6 Å². The van der Waals surface area contributed by atoms with Crippen molar-refractivity contribution in [3.63, 3.8) is 0 Å². The van der Waals surface area contributed by atoms with Crippen LogP contribution >= 0.6 is 11.8 Å². The molecule has 0 atom stereocenters. The number of para-hydroxylation sites is 2. The van der Waals surface area contributed by atoms with Crippen molar-refractivity contribution in [2.45, 2.75) is 17.7 Å². The highest BCUT2D eigenvalue weighted by atomic mass is 32.2. The molecule has 0 aliphatic heterocycles. The summed E-state index contributed by atoms with van der Waals surface area (Å²) in [5.41, 5.74) is 4.05. The van der Waals surface area contributed by atoms with E-state index >= 15 is 0 Å². The SMILES string of the molecule is Cc1nc2ccccc2nc1SCc1cncn1C. The summed E-state index contributed by atoms with van der Waals surface area (Å²) in [5.74, 6) is 0.852. The predicted octanol–water partition coefficient (Wildman–Crippen LogP) is 2.96. The van der Waals surface area contributed by atoms with E-state index in [9.17, 15) is 0 Å². The molecule has 2 heterocycles. The average Bonchev–Trinajstić information content (AvgIpc) is 2.82. The van der Waals surface area contributed by atoms with Gasteiger partial charge in [0, 0.05) is 24.7 Å². The van der Waals surface area contributed by atoms with Crippen LogP contribution in [0.5, 0.6) is 0 Å². The Labute approximate surface area is 115 Å². The maximum Gasteiger partial charge on any atom is 0.118 e. The lowest BCUT2D eigenvalue weighted by Gasteiger charge is -2.06. The molecule has 0 unspecified atom stereocenters. The Morgan fingerprint density at radius 3 is 2.58 bits per heavy atom. The fourth-order valence-electron chi connectivity index (χ4n) is 1.87. The van der Waals surface area contributed by atoms with Gasteiger partial charge in [-0.3, -0.25) is 0 Å². The average molecular weight is 270 g/mol. The smallest absolute Gasteiger partial charge is 0.118 e. The summed E-state index contributed by atoms with van der Waals surface area (Å²) in [6, 6.07) is 7.96. The normalized spacial score (nSPS) is 11.1. The van der Waals surface area contributed by atoms with Crippen molar-refractivity contribution >= 4 is 22.8 Å². The van der Waals surface area contributed by atoms with Gasteiger partial charge in [-0.1, -0.05) is 23.9 Å². The van der Waals surface area contributed by atoms with Crippen LogP contribution in [0.25, 0.3) is 11.0 Å². The van der Waals surface area contributed by atoms with E-state index in [1.54, 1.807) is 11.8 Å². The van der Waals surface area contributed by atoms with Crippen LogP contribution in [0.2, 0.25) is 0 Å². The second kappa shape index (κ2) is 5.01. The number of hydrogen-bond acceptors (Lipinski definition) is 4. The van der Waals surface area contributed by atoms with Gasteiger partial charge in [0.25, 0.3) is 0 Å². The molecule has 0 fully saturated rings. The minimum Gasteiger partial charge on any atom is -0.337 e. The zero-order chi connectivity index (χ0) is 13.2. The highest BCUT2D eigenvalue weighted by Gasteiger charge is 2.07. The van der Waals surface area contributed by atoms with Gasteiger partial charge in [-0.15, -0.1) is 0 Å². The van der Waals surface area contributed by atoms with E-state index < -0.39 is 0 Å². The number of aryl methyl sites for hydroxylation is 2. The maximum atomic E-state index is 4.67. The van der Waals surface area contributed by atoms with Crippen LogP contribution in [-0.4, -0.2) is 19.5 Å². The molecule has 3 aromatic rings. The van der Waals surface area contributed by atoms with Crippen molar-refractivity contribution in [1.82, 2.24) is 19.5 Å². The lowest BCUT2D eigenvalue weighted by Crippen LogP contribution is -1.95. The van der Waals surface area contributed by atoms with Crippen LogP contribution in [0.3, 0.4) is 0 Å². The van der Waals surface area contributed by atoms with E-state index in [4.69, 9.17) is 0 Å². The van der Waals surface area contributed by atoms with Crippen LogP contribution in [0, 0.1) is 6.92 Å². The van der Waals surface area contributed by atoms with Gasteiger partial charge in [-0.05, 0) is 19.1 Å². The molecule has 0 N–H and O–H groups in total. The molecule has 4 nitrogen and oxygen atoms in total. The Morgan fingerprint density at radius 1 is 1.16 bits per heavy atom. The van der Waals surface area contributed by atoms with Gasteiger partial charge >= 0.3 is 0 Å². The van der Waals surface area contributed by atoms with E-state index in [1.807, 2.05) is 55.3 Å². The molecular formula is C14H14N4S. The molecule has 0 saturated heterocycles. The zero-order valence-corrected chi connectivity index (χ0v) is 11.7. The molecule has 0 spiro atoms. The maximum absolute atomic E-state index is 4.67. The Balaban J connectivity index is 1.88. The minimum absolute atomic E-state index is 0.852. The molecule has 0 saturated carbocycles. The molecule has 0 aliphatic carbocycles. The first-order chi connectivity index (χ1) is 9.24. The van der Waals surface area contributed by atoms with E-state index in [0.717, 1.165) is 27.5 Å². The molecule has 0 amide bonds. The van der Waals surface area contributed by atoms with E-state index in [0.29, 0.717) is 0 Å². The predicted molar refractivity (Wildman–Crippen MR) is 77.0 cm³/mol. The van der Waals surface area contributed by atoms with Crippen molar-refractivity contribution < 1.29 is 0 Å². The number of hydrogen-bond donors (Lipinski definition) is 0. The fourth-order valence-corrected chi connectivity index (χ4v) is 2.85. The molecule has 0 bridgehead atoms. The number of thioether (sulfide) groups is 1. The molecule has 2 aromatic heterocycles. The van der Waals surface area contributed by atoms with Crippen LogP contribution in [0.1, 0.15) is 11.4 Å². The quantitative estimate of drug-likeness (QED) is 0.686. The largest absolute Gasteiger partial charge is 0.337 e. The zero-order valence-electron chi connectivity index (χ0n) is 10.9. The van der Waals surface area contributed by atoms with Gasteiger partial charge in [0.05, 0.1) is 23.1 Å². The number of benzene rings is 1. The summed E-state index contributed by atoms with van der Waals surface area (Å²) >= 11 is 1.70. The van der Waals surface area contributed by atoms with E-state index in [2.05, 4.69) is 15.0 Å². The van der Waals surface area contributed by atoms with Crippen molar-refractivity contribution in [1.29, 1.82) is 0 Å². The van der Waals surface area contributed by atoms with Crippen LogP contribution in [0.4, 0.5) is 0 Å². The Morgan fingerprint density at radius 2 is 1.89 bits per heavy atom. The first-order valence-corrected chi connectivity index (χ1v) is 7.04. The molecule has 96 valence electrons. The summed E-state index contributed by atoms with van der Waals surface area (Å²) in [6.45, 7) is 2.00. The first-order valence-electron chi connectivity index (χ1n) is 6.05. The number of fused-ring (bicyclic) bond motifs is 1. The number of aromatic nitrogens is 4. The van der Waals surface area contributed by atoms with E-state index in [-0.39, 0.29) is 0 Å². The second-order valence-corrected chi connectivity index (χ2v) is 5.35. The minimum atomic E-state index is 0.852. The van der Waals surface area contributed by atoms with Crippen LogP contribution < -0.4 is 0 Å². The van der Waals surface area contributed by atoms with Crippen molar-refractivity contribution in [2.24, 2.45) is 7.05 Å². The Kier molecular flexibility index (Phi) is 3.21. The number of rotatable bonds is 3. The summed E-state index contributed by atoms with van der Waals surface area (Å²) in [7, 11) is 2.00. The van der Waals surface area contributed by atoms with Gasteiger partial charge in [0.1, 0.15) is 5.03 Å². The highest BCUT2D eigenvalue weighted by Crippen LogP contribution is 2.24. The van der Waals surface area contributed by atoms with Crippen molar-refractivity contribution in [3.05, 3.63) is 48.2 Å². The Bertz CT molecular complexity index is 720. The van der Waals surface area contributed by atoms with Crippen LogP contribution in [-0.2, 0) is 12.8 Å². The highest BCUT2D eigenvalue weighted by molar-refractivity contribution is 7.98. The summed E-state index contributed by atoms with van der Waals surface area (Å²) in [6.07, 6.45) is 3.70. The molecule has 19 heavy (non-hydrogen) atoms. The monoisotopic (exact) mass is 270 g/mol. The van der Waals surface area contributed by atoms with Gasteiger partial charge < -0.3 is 4.57 Å². The fraction of sp³-hybridized carbons (Fsp3) is 0.214. The molecule has 5 heteroatoms. The van der Waals surface area contributed by atoms with Gasteiger partial charge in [0.2, 0.25) is 0 Å². The van der Waals surface area contributed by atoms with Gasteiger partial charge in [0.15, 0.2) is 0 Å². The van der Waals surface area contributed by atoms with Crippen molar-refractivity contribution in [3.8, 4) is 0 Å². The summed E-state index contributed by atoms with van der Waals surface area (Å²) in [5, 5.41) is 0.986. The molecule has 1 aromatic carbocycles. The lowest BCUT2D eigenvalue weighted by atomic mass is 10.3. The third-order valence-corrected chi connectivity index (χ3v) is 4.07. The standard InChI is InChI=1S/C14H14N4S/c1-10-14(19-8-11-7-15-9-18(11)2)17-13-6-4-3-5-12(13)16-10/h3-7,9H,8H2,1-2H3. The van der Waals surface area contributed by atoms with Crippen LogP contribution in [0.15, 0.2) is 41.8 Å². The summed E-state index contributed by atoms with van der Waals surface area (Å²) in [4.78, 5) is 13.4. The van der Waals surface area contributed by atoms with Gasteiger partial charge in [-0.25, -0.2) is 15.0 Å². The second-order valence-electron chi connectivity index (χ2n) is 4.39. The van der Waals surface area contributed by atoms with Crippen molar-refractivity contribution in [2.75, 3.05) is 0 Å². The molecular weight excluding hydrogens is 256 g/mol. The number of nitrogens with zero attached hydrogens (tertiary/aromatic N) is 4. The lowest BCUT2D eigenvalue weighted by molar-refractivity contribution is 0.866. The molecule has 0 radical (unpaired) electrons. The van der Waals surface area contributed by atoms with E-state index in [1.165, 1.54) is 5.69 Å². The molecule has 3 rings (SSSR count). The Hall–Kier alpha value is -1.88.